The normalized spacial score (nSPS) is 21.1. The highest BCUT2D eigenvalue weighted by molar-refractivity contribution is 5.97. The van der Waals surface area contributed by atoms with Crippen LogP contribution in [0.4, 0.5) is 45.6 Å². The van der Waals surface area contributed by atoms with Gasteiger partial charge in [-0.15, -0.1) is 0 Å². The highest BCUT2D eigenvalue weighted by Crippen LogP contribution is 2.63. The topological polar surface area (TPSA) is 25.9 Å². The van der Waals surface area contributed by atoms with Crippen LogP contribution in [0.2, 0.25) is 0 Å². The predicted molar refractivity (Wildman–Crippen MR) is 227 cm³/mol. The van der Waals surface area contributed by atoms with Gasteiger partial charge in [-0.1, -0.05) is 118 Å². The lowest BCUT2D eigenvalue weighted by Gasteiger charge is -2.51. The molecule has 1 aliphatic carbocycles. The first-order chi connectivity index (χ1) is 26.9. The van der Waals surface area contributed by atoms with Crippen molar-refractivity contribution in [3.8, 4) is 11.1 Å². The Morgan fingerprint density at radius 2 is 1.07 bits per heavy atom. The molecule has 55 heavy (non-hydrogen) atoms. The fourth-order valence-corrected chi connectivity index (χ4v) is 10.4. The van der Waals surface area contributed by atoms with Gasteiger partial charge in [0.25, 0.3) is 0 Å². The summed E-state index contributed by atoms with van der Waals surface area (Å²) in [6.45, 7) is 9.47. The van der Waals surface area contributed by atoms with E-state index in [2.05, 4.69) is 205 Å². The SMILES string of the molecule is Cc1ccccc1N1c2ncccc2N(c2ccccc2)C1C1C(C)c2ccccc2N2c3cc4c(cc3N(c3ccccc3)C12)-c1ccccc1C4(C)C. The van der Waals surface area contributed by atoms with Gasteiger partial charge in [-0.3, -0.25) is 0 Å². The Labute approximate surface area is 323 Å². The summed E-state index contributed by atoms with van der Waals surface area (Å²) < 4.78 is 0. The molecule has 0 N–H and O–H groups in total. The number of anilines is 8. The summed E-state index contributed by atoms with van der Waals surface area (Å²) in [6.07, 6.45) is 1.78. The Morgan fingerprint density at radius 3 is 1.82 bits per heavy atom. The van der Waals surface area contributed by atoms with Crippen LogP contribution in [-0.2, 0) is 5.41 Å². The van der Waals surface area contributed by atoms with Crippen LogP contribution in [0.3, 0.4) is 0 Å². The first-order valence-corrected chi connectivity index (χ1v) is 19.6. The lowest BCUT2D eigenvalue weighted by atomic mass is 9.77. The second-order valence-electron chi connectivity index (χ2n) is 16.1. The molecule has 268 valence electrons. The number of fused-ring (bicyclic) bond motifs is 9. The molecule has 0 radical (unpaired) electrons. The van der Waals surface area contributed by atoms with Crippen molar-refractivity contribution in [3.05, 3.63) is 186 Å². The monoisotopic (exact) mass is 713 g/mol. The number of hydrogen-bond acceptors (Lipinski definition) is 5. The van der Waals surface area contributed by atoms with Crippen LogP contribution in [0.15, 0.2) is 164 Å². The summed E-state index contributed by atoms with van der Waals surface area (Å²) in [7, 11) is 0. The predicted octanol–water partition coefficient (Wildman–Crippen LogP) is 12.4. The van der Waals surface area contributed by atoms with E-state index in [-0.39, 0.29) is 29.6 Å². The van der Waals surface area contributed by atoms with Gasteiger partial charge in [0, 0.05) is 40.3 Å². The lowest BCUT2D eigenvalue weighted by molar-refractivity contribution is 0.302. The third kappa shape index (κ3) is 4.44. The van der Waals surface area contributed by atoms with Crippen molar-refractivity contribution in [1.29, 1.82) is 0 Å². The van der Waals surface area contributed by atoms with Crippen molar-refractivity contribution < 1.29 is 0 Å². The third-order valence-corrected chi connectivity index (χ3v) is 12.9. The van der Waals surface area contributed by atoms with Crippen LogP contribution in [0.25, 0.3) is 11.1 Å². The first-order valence-electron chi connectivity index (χ1n) is 19.6. The van der Waals surface area contributed by atoms with Gasteiger partial charge in [-0.2, -0.15) is 0 Å². The van der Waals surface area contributed by atoms with E-state index >= 15 is 0 Å². The molecule has 5 heteroatoms. The van der Waals surface area contributed by atoms with Gasteiger partial charge in [0.05, 0.1) is 17.1 Å². The van der Waals surface area contributed by atoms with E-state index in [1.807, 2.05) is 6.20 Å². The maximum absolute atomic E-state index is 5.19. The number of nitrogens with zero attached hydrogens (tertiary/aromatic N) is 5. The molecule has 5 nitrogen and oxygen atoms in total. The quantitative estimate of drug-likeness (QED) is 0.181. The van der Waals surface area contributed by atoms with Crippen LogP contribution >= 0.6 is 0 Å². The fourth-order valence-electron chi connectivity index (χ4n) is 10.4. The molecule has 0 amide bonds. The number of pyridine rings is 1. The zero-order chi connectivity index (χ0) is 37.0. The van der Waals surface area contributed by atoms with Gasteiger partial charge in [-0.25, -0.2) is 4.98 Å². The molecule has 4 heterocycles. The van der Waals surface area contributed by atoms with Gasteiger partial charge in [-0.05, 0) is 107 Å². The molecule has 0 fully saturated rings. The summed E-state index contributed by atoms with van der Waals surface area (Å²) >= 11 is 0. The van der Waals surface area contributed by atoms with Crippen molar-refractivity contribution in [1.82, 2.24) is 4.98 Å². The highest BCUT2D eigenvalue weighted by atomic mass is 15.5. The number of benzene rings is 6. The van der Waals surface area contributed by atoms with E-state index < -0.39 is 0 Å². The van der Waals surface area contributed by atoms with E-state index in [0.717, 1.165) is 17.2 Å². The average molecular weight is 714 g/mol. The van der Waals surface area contributed by atoms with Gasteiger partial charge < -0.3 is 19.6 Å². The molecule has 4 atom stereocenters. The Bertz CT molecular complexity index is 2620. The number of aromatic nitrogens is 1. The molecule has 3 aliphatic heterocycles. The van der Waals surface area contributed by atoms with Gasteiger partial charge in [0.2, 0.25) is 0 Å². The second kappa shape index (κ2) is 11.8. The van der Waals surface area contributed by atoms with Crippen molar-refractivity contribution in [2.24, 2.45) is 5.92 Å². The Morgan fingerprint density at radius 1 is 0.491 bits per heavy atom. The number of aryl methyl sites for hydroxylation is 1. The molecule has 0 spiro atoms. The summed E-state index contributed by atoms with van der Waals surface area (Å²) in [5.41, 5.74) is 16.4. The molecular formula is C50H43N5. The standard InChI is InChI=1S/C50H43N5/c1-32-18-11-15-26-41(32)55-47-43(28-17-29-51-47)52(34-19-7-5-8-20-34)49(55)46-33(2)36-23-13-16-27-42(36)54-45-31-40-38(37-24-12-14-25-39(37)50(40,3)4)30-44(45)53(48(46)54)35-21-9-6-10-22-35/h5-31,33,46,48-49H,1-4H3. The summed E-state index contributed by atoms with van der Waals surface area (Å²) in [4.78, 5) is 15.7. The van der Waals surface area contributed by atoms with Crippen molar-refractivity contribution >= 4 is 45.6 Å². The van der Waals surface area contributed by atoms with Gasteiger partial charge in [0.1, 0.15) is 12.3 Å². The molecule has 0 bridgehead atoms. The molecule has 0 saturated heterocycles. The molecule has 6 aromatic carbocycles. The van der Waals surface area contributed by atoms with E-state index in [1.54, 1.807) is 0 Å². The van der Waals surface area contributed by atoms with Crippen LogP contribution in [0.5, 0.6) is 0 Å². The molecule has 4 unspecified atom stereocenters. The number of hydrogen-bond donors (Lipinski definition) is 0. The Balaban J connectivity index is 1.22. The van der Waals surface area contributed by atoms with Crippen molar-refractivity contribution in [3.63, 3.8) is 0 Å². The number of rotatable bonds is 4. The van der Waals surface area contributed by atoms with Crippen LogP contribution in [0.1, 0.15) is 48.9 Å². The smallest absolute Gasteiger partial charge is 0.158 e. The molecule has 11 rings (SSSR count). The maximum atomic E-state index is 5.19. The van der Waals surface area contributed by atoms with Gasteiger partial charge >= 0.3 is 0 Å². The Kier molecular flexibility index (Phi) is 6.91. The molecule has 7 aromatic rings. The first kappa shape index (κ1) is 32.1. The molecule has 1 aromatic heterocycles. The van der Waals surface area contributed by atoms with E-state index in [0.29, 0.717) is 0 Å². The summed E-state index contributed by atoms with van der Waals surface area (Å²) in [6, 6.07) is 58.4. The zero-order valence-electron chi connectivity index (χ0n) is 31.6. The highest BCUT2D eigenvalue weighted by Gasteiger charge is 2.57. The Hall–Kier alpha value is -6.33. The van der Waals surface area contributed by atoms with E-state index in [1.165, 1.54) is 61.8 Å². The van der Waals surface area contributed by atoms with Crippen molar-refractivity contribution in [2.75, 3.05) is 19.6 Å². The summed E-state index contributed by atoms with van der Waals surface area (Å²) in [5.74, 6) is 1.23. The minimum absolute atomic E-state index is 0.0553. The molecular weight excluding hydrogens is 671 g/mol. The lowest BCUT2D eigenvalue weighted by Crippen LogP contribution is -2.59. The van der Waals surface area contributed by atoms with Gasteiger partial charge in [0.15, 0.2) is 5.82 Å². The van der Waals surface area contributed by atoms with E-state index in [9.17, 15) is 0 Å². The van der Waals surface area contributed by atoms with Crippen LogP contribution in [-0.4, -0.2) is 17.3 Å². The molecule has 4 aliphatic rings. The van der Waals surface area contributed by atoms with E-state index in [4.69, 9.17) is 4.98 Å². The third-order valence-electron chi connectivity index (χ3n) is 12.9. The average Bonchev–Trinajstić information content (AvgIpc) is 3.81. The number of para-hydroxylation sites is 4. The fraction of sp³-hybridized carbons (Fsp3) is 0.180. The van der Waals surface area contributed by atoms with Crippen LogP contribution in [0, 0.1) is 12.8 Å². The largest absolute Gasteiger partial charge is 0.318 e. The zero-order valence-corrected chi connectivity index (χ0v) is 31.6. The minimum Gasteiger partial charge on any atom is -0.318 e. The maximum Gasteiger partial charge on any atom is 0.158 e. The van der Waals surface area contributed by atoms with Crippen molar-refractivity contribution in [2.45, 2.75) is 51.4 Å². The summed E-state index contributed by atoms with van der Waals surface area (Å²) in [5, 5.41) is 0. The minimum atomic E-state index is -0.122. The molecule has 0 saturated carbocycles. The van der Waals surface area contributed by atoms with Crippen LogP contribution < -0.4 is 19.6 Å². The second-order valence-corrected chi connectivity index (χ2v) is 16.1.